The molecule has 0 atom stereocenters. The predicted molar refractivity (Wildman–Crippen MR) is 64.4 cm³/mol. The van der Waals surface area contributed by atoms with E-state index < -0.39 is 0 Å². The Labute approximate surface area is 98.1 Å². The van der Waals surface area contributed by atoms with Crippen molar-refractivity contribution in [2.24, 2.45) is 5.84 Å². The van der Waals surface area contributed by atoms with Crippen molar-refractivity contribution in [3.63, 3.8) is 0 Å². The molecule has 0 fully saturated rings. The maximum absolute atomic E-state index is 11.6. The molecule has 2 aromatic rings. The molecule has 17 heavy (non-hydrogen) atoms. The monoisotopic (exact) mass is 231 g/mol. The molecule has 0 aliphatic heterocycles. The van der Waals surface area contributed by atoms with Crippen LogP contribution in [-0.2, 0) is 6.54 Å². The zero-order chi connectivity index (χ0) is 12.3. The molecule has 0 aromatic carbocycles. The molecule has 6 nitrogen and oxygen atoms in total. The van der Waals surface area contributed by atoms with Crippen molar-refractivity contribution in [2.75, 3.05) is 5.43 Å². The largest absolute Gasteiger partial charge is 0.324 e. The second-order valence-electron chi connectivity index (χ2n) is 3.65. The lowest BCUT2D eigenvalue weighted by Gasteiger charge is -2.06. The SMILES string of the molecule is Cc1ccc(=O)n(Cc2cc(NN)ccn2)n1. The third-order valence-electron chi connectivity index (χ3n) is 2.29. The van der Waals surface area contributed by atoms with Gasteiger partial charge in [-0.25, -0.2) is 4.68 Å². The standard InChI is InChI=1S/C11H13N5O/c1-8-2-3-11(17)16(15-8)7-10-6-9(14-12)4-5-13-10/h2-6H,7,12H2,1H3,(H,13,14). The highest BCUT2D eigenvalue weighted by molar-refractivity contribution is 5.41. The van der Waals surface area contributed by atoms with Gasteiger partial charge >= 0.3 is 0 Å². The van der Waals surface area contributed by atoms with Gasteiger partial charge in [0.2, 0.25) is 0 Å². The zero-order valence-corrected chi connectivity index (χ0v) is 9.42. The number of nitrogens with one attached hydrogen (secondary N) is 1. The van der Waals surface area contributed by atoms with Gasteiger partial charge in [-0.2, -0.15) is 5.10 Å². The van der Waals surface area contributed by atoms with Crippen molar-refractivity contribution >= 4 is 5.69 Å². The van der Waals surface area contributed by atoms with Gasteiger partial charge < -0.3 is 5.43 Å². The third kappa shape index (κ3) is 2.67. The Balaban J connectivity index is 2.31. The number of nitrogens with zero attached hydrogens (tertiary/aromatic N) is 3. The molecule has 6 heteroatoms. The van der Waals surface area contributed by atoms with Crippen molar-refractivity contribution in [1.82, 2.24) is 14.8 Å². The topological polar surface area (TPSA) is 85.8 Å². The van der Waals surface area contributed by atoms with Crippen molar-refractivity contribution in [3.05, 3.63) is 52.2 Å². The van der Waals surface area contributed by atoms with Crippen LogP contribution >= 0.6 is 0 Å². The molecule has 2 rings (SSSR count). The van der Waals surface area contributed by atoms with Gasteiger partial charge in [-0.1, -0.05) is 0 Å². The first-order valence-corrected chi connectivity index (χ1v) is 5.15. The number of nitrogens with two attached hydrogens (primary N) is 1. The van der Waals surface area contributed by atoms with E-state index in [0.717, 1.165) is 17.1 Å². The zero-order valence-electron chi connectivity index (χ0n) is 9.42. The van der Waals surface area contributed by atoms with E-state index in [0.29, 0.717) is 6.54 Å². The lowest BCUT2D eigenvalue weighted by molar-refractivity contribution is 0.618. The van der Waals surface area contributed by atoms with Crippen LogP contribution < -0.4 is 16.8 Å². The molecule has 0 saturated carbocycles. The summed E-state index contributed by atoms with van der Waals surface area (Å²) >= 11 is 0. The number of pyridine rings is 1. The van der Waals surface area contributed by atoms with Crippen LogP contribution in [0.25, 0.3) is 0 Å². The Morgan fingerprint density at radius 3 is 3.00 bits per heavy atom. The van der Waals surface area contributed by atoms with Crippen LogP contribution in [0, 0.1) is 6.92 Å². The minimum atomic E-state index is -0.150. The second-order valence-corrected chi connectivity index (χ2v) is 3.65. The highest BCUT2D eigenvalue weighted by Crippen LogP contribution is 2.06. The van der Waals surface area contributed by atoms with Crippen LogP contribution in [0.1, 0.15) is 11.4 Å². The van der Waals surface area contributed by atoms with Crippen LogP contribution in [0.5, 0.6) is 0 Å². The van der Waals surface area contributed by atoms with Crippen LogP contribution in [0.2, 0.25) is 0 Å². The third-order valence-corrected chi connectivity index (χ3v) is 2.29. The smallest absolute Gasteiger partial charge is 0.267 e. The fourth-order valence-electron chi connectivity index (χ4n) is 1.47. The van der Waals surface area contributed by atoms with Gasteiger partial charge in [-0.3, -0.25) is 15.6 Å². The molecule has 0 amide bonds. The fourth-order valence-corrected chi connectivity index (χ4v) is 1.47. The lowest BCUT2D eigenvalue weighted by atomic mass is 10.3. The summed E-state index contributed by atoms with van der Waals surface area (Å²) in [5.74, 6) is 5.30. The normalized spacial score (nSPS) is 10.2. The number of aryl methyl sites for hydroxylation is 1. The second kappa shape index (κ2) is 4.75. The van der Waals surface area contributed by atoms with E-state index in [-0.39, 0.29) is 5.56 Å². The molecule has 0 spiro atoms. The van der Waals surface area contributed by atoms with E-state index >= 15 is 0 Å². The summed E-state index contributed by atoms with van der Waals surface area (Å²) in [6.07, 6.45) is 1.63. The number of rotatable bonds is 3. The summed E-state index contributed by atoms with van der Waals surface area (Å²) in [4.78, 5) is 15.7. The quantitative estimate of drug-likeness (QED) is 0.585. The van der Waals surface area contributed by atoms with E-state index in [1.165, 1.54) is 10.7 Å². The summed E-state index contributed by atoms with van der Waals surface area (Å²) in [6, 6.07) is 6.70. The average Bonchev–Trinajstić information content (AvgIpc) is 2.34. The summed E-state index contributed by atoms with van der Waals surface area (Å²) in [6.45, 7) is 2.16. The first kappa shape index (κ1) is 11.3. The van der Waals surface area contributed by atoms with Gasteiger partial charge in [-0.15, -0.1) is 0 Å². The van der Waals surface area contributed by atoms with Gasteiger partial charge in [0.15, 0.2) is 0 Å². The van der Waals surface area contributed by atoms with Crippen molar-refractivity contribution < 1.29 is 0 Å². The number of nitrogen functional groups attached to an aromatic ring is 1. The molecule has 0 aliphatic carbocycles. The number of hydrogen-bond acceptors (Lipinski definition) is 5. The van der Waals surface area contributed by atoms with Crippen molar-refractivity contribution in [1.29, 1.82) is 0 Å². The minimum absolute atomic E-state index is 0.150. The van der Waals surface area contributed by atoms with Crippen LogP contribution in [0.3, 0.4) is 0 Å². The molecule has 2 heterocycles. The molecule has 0 unspecified atom stereocenters. The Morgan fingerprint density at radius 2 is 2.24 bits per heavy atom. The molecule has 0 saturated heterocycles. The van der Waals surface area contributed by atoms with Gasteiger partial charge in [0.05, 0.1) is 23.6 Å². The lowest BCUT2D eigenvalue weighted by Crippen LogP contribution is -2.23. The van der Waals surface area contributed by atoms with E-state index in [1.807, 2.05) is 6.92 Å². The number of hydrogen-bond donors (Lipinski definition) is 2. The Hall–Kier alpha value is -2.21. The summed E-state index contributed by atoms with van der Waals surface area (Å²) in [7, 11) is 0. The van der Waals surface area contributed by atoms with E-state index in [4.69, 9.17) is 5.84 Å². The summed E-state index contributed by atoms with van der Waals surface area (Å²) in [5, 5.41) is 4.14. The number of hydrazine groups is 1. The first-order valence-electron chi connectivity index (χ1n) is 5.15. The minimum Gasteiger partial charge on any atom is -0.324 e. The Bertz CT molecular complexity index is 578. The Morgan fingerprint density at radius 1 is 1.41 bits per heavy atom. The first-order chi connectivity index (χ1) is 8.19. The highest BCUT2D eigenvalue weighted by Gasteiger charge is 2.01. The average molecular weight is 231 g/mol. The van der Waals surface area contributed by atoms with Crippen molar-refractivity contribution in [3.8, 4) is 0 Å². The fraction of sp³-hybridized carbons (Fsp3) is 0.182. The van der Waals surface area contributed by atoms with Gasteiger partial charge in [0.1, 0.15) is 0 Å². The molecule has 0 bridgehead atoms. The number of anilines is 1. The number of aromatic nitrogens is 3. The van der Waals surface area contributed by atoms with Gasteiger partial charge in [-0.05, 0) is 25.1 Å². The predicted octanol–water partition coefficient (Wildman–Crippen LogP) is 0.281. The molecule has 0 aliphatic rings. The van der Waals surface area contributed by atoms with Gasteiger partial charge in [0, 0.05) is 12.3 Å². The maximum Gasteiger partial charge on any atom is 0.267 e. The molecule has 3 N–H and O–H groups in total. The molecular formula is C11H13N5O. The molecular weight excluding hydrogens is 218 g/mol. The van der Waals surface area contributed by atoms with E-state index in [2.05, 4.69) is 15.5 Å². The summed E-state index contributed by atoms with van der Waals surface area (Å²) < 4.78 is 1.37. The van der Waals surface area contributed by atoms with Crippen LogP contribution in [-0.4, -0.2) is 14.8 Å². The molecule has 0 radical (unpaired) electrons. The highest BCUT2D eigenvalue weighted by atomic mass is 16.1. The summed E-state index contributed by atoms with van der Waals surface area (Å²) in [5.41, 5.74) is 4.64. The van der Waals surface area contributed by atoms with Gasteiger partial charge in [0.25, 0.3) is 5.56 Å². The van der Waals surface area contributed by atoms with E-state index in [1.54, 1.807) is 24.4 Å². The van der Waals surface area contributed by atoms with Crippen LogP contribution in [0.15, 0.2) is 35.3 Å². The van der Waals surface area contributed by atoms with E-state index in [9.17, 15) is 4.79 Å². The van der Waals surface area contributed by atoms with Crippen LogP contribution in [0.4, 0.5) is 5.69 Å². The van der Waals surface area contributed by atoms with Crippen molar-refractivity contribution in [2.45, 2.75) is 13.5 Å². The molecule has 2 aromatic heterocycles. The maximum atomic E-state index is 11.6. The molecule has 88 valence electrons. The Kier molecular flexibility index (Phi) is 3.15.